The first kappa shape index (κ1) is 15.4. The molecule has 8 heteroatoms. The van der Waals surface area contributed by atoms with Crippen LogP contribution in [0.15, 0.2) is 18.2 Å². The Hall–Kier alpha value is -2.64. The third kappa shape index (κ3) is 3.67. The number of nitrogens with one attached hydrogen (secondary N) is 1. The van der Waals surface area contributed by atoms with E-state index in [0.717, 1.165) is 6.07 Å². The Balaban J connectivity index is 2.92. The summed E-state index contributed by atoms with van der Waals surface area (Å²) in [5.41, 5.74) is -1.85. The molecule has 0 bridgehead atoms. The molecule has 0 atom stereocenters. The molecule has 0 unspecified atom stereocenters. The van der Waals surface area contributed by atoms with E-state index in [1.165, 1.54) is 26.0 Å². The number of amides is 1. The molecule has 1 aromatic carbocycles. The summed E-state index contributed by atoms with van der Waals surface area (Å²) >= 11 is 0. The summed E-state index contributed by atoms with van der Waals surface area (Å²) in [6.45, 7) is 2.75. The van der Waals surface area contributed by atoms with Gasteiger partial charge in [-0.1, -0.05) is 0 Å². The Morgan fingerprint density at radius 2 is 2.00 bits per heavy atom. The molecule has 0 heterocycles. The zero-order valence-corrected chi connectivity index (χ0v) is 10.9. The average Bonchev–Trinajstić information content (AvgIpc) is 2.30. The summed E-state index contributed by atoms with van der Waals surface area (Å²) in [4.78, 5) is 32.7. The van der Waals surface area contributed by atoms with E-state index in [4.69, 9.17) is 5.11 Å². The van der Waals surface area contributed by atoms with E-state index in [2.05, 4.69) is 5.32 Å². The van der Waals surface area contributed by atoms with Gasteiger partial charge in [0.1, 0.15) is 11.4 Å². The van der Waals surface area contributed by atoms with Gasteiger partial charge in [-0.2, -0.15) is 0 Å². The lowest BCUT2D eigenvalue weighted by molar-refractivity contribution is -0.384. The van der Waals surface area contributed by atoms with Crippen LogP contribution in [0.4, 0.5) is 11.4 Å². The van der Waals surface area contributed by atoms with Crippen LogP contribution in [0.25, 0.3) is 0 Å². The minimum atomic E-state index is -1.28. The van der Waals surface area contributed by atoms with Crippen molar-refractivity contribution >= 4 is 23.3 Å². The molecule has 108 valence electrons. The number of nitro groups is 1. The molecule has 0 aliphatic heterocycles. The van der Waals surface area contributed by atoms with E-state index in [9.17, 15) is 24.8 Å². The van der Waals surface area contributed by atoms with E-state index in [-0.39, 0.29) is 17.9 Å². The molecular weight excluding hydrogens is 268 g/mol. The zero-order valence-electron chi connectivity index (χ0n) is 10.9. The number of nitrogens with zero attached hydrogens (tertiary/aromatic N) is 1. The molecule has 0 aliphatic rings. The van der Waals surface area contributed by atoms with Gasteiger partial charge >= 0.3 is 5.97 Å². The molecule has 8 nitrogen and oxygen atoms in total. The number of aliphatic carboxylic acids is 1. The van der Waals surface area contributed by atoms with Crippen molar-refractivity contribution in [2.75, 3.05) is 5.32 Å². The number of carbonyl (C=O) groups is 2. The number of aromatic hydroxyl groups is 1. The maximum Gasteiger partial charge on any atom is 0.309 e. The molecule has 0 saturated heterocycles. The van der Waals surface area contributed by atoms with E-state index in [0.29, 0.717) is 0 Å². The van der Waals surface area contributed by atoms with Crippen molar-refractivity contribution in [2.24, 2.45) is 5.41 Å². The van der Waals surface area contributed by atoms with E-state index < -0.39 is 27.9 Å². The standard InChI is InChI=1S/C12H14N2O6/c1-12(2,11(17)18)6-10(16)13-8-4-3-7(15)5-9(8)14(19)20/h3-5,15H,6H2,1-2H3,(H,13,16)(H,17,18). The number of phenols is 1. The van der Waals surface area contributed by atoms with Crippen LogP contribution in [-0.4, -0.2) is 27.0 Å². The van der Waals surface area contributed by atoms with Gasteiger partial charge in [-0.25, -0.2) is 0 Å². The zero-order chi connectivity index (χ0) is 15.5. The molecule has 1 amide bonds. The third-order valence-electron chi connectivity index (χ3n) is 2.63. The Morgan fingerprint density at radius 1 is 1.40 bits per heavy atom. The number of benzene rings is 1. The number of carboxylic acid groups (broad SMARTS) is 1. The van der Waals surface area contributed by atoms with Crippen LogP contribution in [0.1, 0.15) is 20.3 Å². The summed E-state index contributed by atoms with van der Waals surface area (Å²) in [7, 11) is 0. The molecule has 0 aromatic heterocycles. The lowest BCUT2D eigenvalue weighted by atomic mass is 9.89. The van der Waals surface area contributed by atoms with Crippen molar-refractivity contribution in [3.05, 3.63) is 28.3 Å². The lowest BCUT2D eigenvalue weighted by Crippen LogP contribution is -2.29. The Kier molecular flexibility index (Phi) is 4.28. The lowest BCUT2D eigenvalue weighted by Gasteiger charge is -2.18. The summed E-state index contributed by atoms with van der Waals surface area (Å²) in [5.74, 6) is -2.11. The maximum absolute atomic E-state index is 11.7. The molecule has 0 fully saturated rings. The predicted molar refractivity (Wildman–Crippen MR) is 69.4 cm³/mol. The van der Waals surface area contributed by atoms with Crippen LogP contribution >= 0.6 is 0 Å². The quantitative estimate of drug-likeness (QED) is 0.428. The molecule has 0 radical (unpaired) electrons. The van der Waals surface area contributed by atoms with Crippen LogP contribution in [0.2, 0.25) is 0 Å². The number of phenolic OH excluding ortho intramolecular Hbond substituents is 1. The number of carboxylic acids is 1. The van der Waals surface area contributed by atoms with Gasteiger partial charge < -0.3 is 15.5 Å². The van der Waals surface area contributed by atoms with Gasteiger partial charge in [0.15, 0.2) is 0 Å². The minimum absolute atomic E-state index is 0.0982. The Labute approximate surface area is 114 Å². The first-order valence-electron chi connectivity index (χ1n) is 5.64. The van der Waals surface area contributed by atoms with Gasteiger partial charge in [0, 0.05) is 6.42 Å². The van der Waals surface area contributed by atoms with Crippen LogP contribution in [0.5, 0.6) is 5.75 Å². The largest absolute Gasteiger partial charge is 0.508 e. The summed E-state index contributed by atoms with van der Waals surface area (Å²) in [6, 6.07) is 3.27. The van der Waals surface area contributed by atoms with Crippen molar-refractivity contribution in [3.8, 4) is 5.75 Å². The molecule has 20 heavy (non-hydrogen) atoms. The van der Waals surface area contributed by atoms with Crippen molar-refractivity contribution in [1.29, 1.82) is 0 Å². The molecule has 1 aromatic rings. The van der Waals surface area contributed by atoms with E-state index in [1.807, 2.05) is 0 Å². The fourth-order valence-electron chi connectivity index (χ4n) is 1.45. The highest BCUT2D eigenvalue weighted by molar-refractivity contribution is 5.95. The second-order valence-corrected chi connectivity index (χ2v) is 4.87. The number of anilines is 1. The first-order chi connectivity index (χ1) is 9.13. The molecule has 0 spiro atoms. The van der Waals surface area contributed by atoms with Gasteiger partial charge in [-0.05, 0) is 26.0 Å². The van der Waals surface area contributed by atoms with Crippen molar-refractivity contribution in [2.45, 2.75) is 20.3 Å². The first-order valence-corrected chi connectivity index (χ1v) is 5.64. The highest BCUT2D eigenvalue weighted by Gasteiger charge is 2.30. The molecule has 3 N–H and O–H groups in total. The van der Waals surface area contributed by atoms with Gasteiger partial charge in [0.2, 0.25) is 5.91 Å². The fraction of sp³-hybridized carbons (Fsp3) is 0.333. The van der Waals surface area contributed by atoms with Crippen molar-refractivity contribution < 1.29 is 24.7 Å². The van der Waals surface area contributed by atoms with Crippen LogP contribution in [0.3, 0.4) is 0 Å². The molecular formula is C12H14N2O6. The average molecular weight is 282 g/mol. The van der Waals surface area contributed by atoms with Crippen LogP contribution < -0.4 is 5.32 Å². The molecule has 0 saturated carbocycles. The van der Waals surface area contributed by atoms with Gasteiger partial charge in [0.05, 0.1) is 16.4 Å². The van der Waals surface area contributed by atoms with Gasteiger partial charge in [-0.15, -0.1) is 0 Å². The number of nitro benzene ring substituents is 1. The Morgan fingerprint density at radius 3 is 2.50 bits per heavy atom. The SMILES string of the molecule is CC(C)(CC(=O)Nc1ccc(O)cc1[N+](=O)[O-])C(=O)O. The van der Waals surface area contributed by atoms with Crippen molar-refractivity contribution in [3.63, 3.8) is 0 Å². The second-order valence-electron chi connectivity index (χ2n) is 4.87. The monoisotopic (exact) mass is 282 g/mol. The Bertz CT molecular complexity index is 567. The highest BCUT2D eigenvalue weighted by Crippen LogP contribution is 2.29. The molecule has 0 aliphatic carbocycles. The third-order valence-corrected chi connectivity index (χ3v) is 2.63. The second kappa shape index (κ2) is 5.55. The fourth-order valence-corrected chi connectivity index (χ4v) is 1.45. The summed E-state index contributed by atoms with van der Waals surface area (Å²) in [6.07, 6.45) is -0.333. The number of hydrogen-bond donors (Lipinski definition) is 3. The minimum Gasteiger partial charge on any atom is -0.508 e. The normalized spacial score (nSPS) is 10.9. The summed E-state index contributed by atoms with van der Waals surface area (Å²) < 4.78 is 0. The van der Waals surface area contributed by atoms with Gasteiger partial charge in [-0.3, -0.25) is 19.7 Å². The topological polar surface area (TPSA) is 130 Å². The highest BCUT2D eigenvalue weighted by atomic mass is 16.6. The van der Waals surface area contributed by atoms with Crippen molar-refractivity contribution in [1.82, 2.24) is 0 Å². The maximum atomic E-state index is 11.7. The summed E-state index contributed by atoms with van der Waals surface area (Å²) in [5, 5.41) is 31.2. The predicted octanol–water partition coefficient (Wildman–Crippen LogP) is 1.74. The number of rotatable bonds is 5. The van der Waals surface area contributed by atoms with Gasteiger partial charge in [0.25, 0.3) is 5.69 Å². The van der Waals surface area contributed by atoms with Crippen LogP contribution in [0, 0.1) is 15.5 Å². The van der Waals surface area contributed by atoms with Crippen LogP contribution in [-0.2, 0) is 9.59 Å². The van der Waals surface area contributed by atoms with E-state index >= 15 is 0 Å². The van der Waals surface area contributed by atoms with E-state index in [1.54, 1.807) is 0 Å². The smallest absolute Gasteiger partial charge is 0.309 e. The number of carbonyl (C=O) groups excluding carboxylic acids is 1. The molecule has 1 rings (SSSR count). The number of hydrogen-bond acceptors (Lipinski definition) is 5.